The first-order valence-electron chi connectivity index (χ1n) is 3.91. The van der Waals surface area contributed by atoms with Crippen molar-refractivity contribution in [1.29, 1.82) is 0 Å². The maximum Gasteiger partial charge on any atom is -0.0393 e. The van der Waals surface area contributed by atoms with Crippen LogP contribution in [0, 0.1) is 0 Å². The predicted octanol–water partition coefficient (Wildman–Crippen LogP) is 0.257. The SMILES string of the molecule is C[BH2-]CC[BH2-]C. The molecule has 0 spiro atoms. The fourth-order valence-electron chi connectivity index (χ4n) is 1.000. The van der Waals surface area contributed by atoms with Gasteiger partial charge in [-0.3, -0.25) is 0 Å². The van der Waals surface area contributed by atoms with E-state index < -0.39 is 0 Å². The number of hydrogen-bond donors (Lipinski definition) is 0. The Kier molecular flexibility index (Phi) is 5.24. The lowest BCUT2D eigenvalue weighted by molar-refractivity contribution is 1.41. The summed E-state index contributed by atoms with van der Waals surface area (Å²) >= 11 is 0. The quantitative estimate of drug-likeness (QED) is 0.339. The molecule has 0 aromatic heterocycles. The lowest BCUT2D eigenvalue weighted by atomic mass is 9.65. The highest BCUT2D eigenvalue weighted by molar-refractivity contribution is 6.40. The second-order valence-electron chi connectivity index (χ2n) is 2.41. The zero-order valence-electron chi connectivity index (χ0n) is 5.41. The van der Waals surface area contributed by atoms with E-state index in [9.17, 15) is 0 Å². The first-order chi connectivity index (χ1) is 2.91. The molecule has 0 unspecified atom stereocenters. The van der Waals surface area contributed by atoms with Crippen LogP contribution in [0.3, 0.4) is 0 Å². The summed E-state index contributed by atoms with van der Waals surface area (Å²) in [5.74, 6) is 0. The molecule has 0 fully saturated rings. The van der Waals surface area contributed by atoms with Gasteiger partial charge in [-0.2, -0.15) is 13.6 Å². The van der Waals surface area contributed by atoms with Crippen molar-refractivity contribution >= 4 is 14.6 Å². The fourth-order valence-corrected chi connectivity index (χ4v) is 1.000. The zero-order chi connectivity index (χ0) is 4.83. The van der Waals surface area contributed by atoms with Gasteiger partial charge in [-0.25, -0.2) is 12.6 Å². The molecule has 0 aliphatic carbocycles. The summed E-state index contributed by atoms with van der Waals surface area (Å²) in [5.41, 5.74) is 0. The Morgan fingerprint density at radius 3 is 1.50 bits per heavy atom. The summed E-state index contributed by atoms with van der Waals surface area (Å²) < 4.78 is 0. The van der Waals surface area contributed by atoms with Crippen LogP contribution in [0.15, 0.2) is 0 Å². The summed E-state index contributed by atoms with van der Waals surface area (Å²) in [4.78, 5) is 0. The zero-order valence-corrected chi connectivity index (χ0v) is 5.41. The third kappa shape index (κ3) is 4.13. The Hall–Kier alpha value is 0.130. The minimum atomic E-state index is 0.529. The van der Waals surface area contributed by atoms with Crippen molar-refractivity contribution in [1.82, 2.24) is 0 Å². The minimum absolute atomic E-state index is 0.529. The van der Waals surface area contributed by atoms with E-state index in [1.165, 1.54) is 0 Å². The molecule has 0 heterocycles. The van der Waals surface area contributed by atoms with Gasteiger partial charge in [0.1, 0.15) is 0 Å². The van der Waals surface area contributed by atoms with Crippen LogP contribution in [-0.4, -0.2) is 14.6 Å². The van der Waals surface area contributed by atoms with Crippen LogP contribution in [0.25, 0.3) is 0 Å². The molecule has 0 amide bonds. The molecule has 0 saturated carbocycles. The summed E-state index contributed by atoms with van der Waals surface area (Å²) in [7, 11) is 1.06. The van der Waals surface area contributed by atoms with Crippen LogP contribution in [0.1, 0.15) is 0 Å². The van der Waals surface area contributed by atoms with Crippen molar-refractivity contribution < 1.29 is 0 Å². The molecular formula is C4H14B2-2. The van der Waals surface area contributed by atoms with E-state index in [1.54, 1.807) is 12.6 Å². The van der Waals surface area contributed by atoms with Gasteiger partial charge in [-0.1, -0.05) is 0 Å². The maximum atomic E-state index is 2.38. The normalized spacial score (nSPS) is 9.00. The van der Waals surface area contributed by atoms with Crippen LogP contribution in [-0.2, 0) is 0 Å². The summed E-state index contributed by atoms with van der Waals surface area (Å²) in [6, 6.07) is 0. The molecular weight excluding hydrogens is 69.7 g/mol. The first kappa shape index (κ1) is 6.13. The van der Waals surface area contributed by atoms with Gasteiger partial charge in [-0.15, -0.1) is 0 Å². The molecule has 0 aromatic rings. The average Bonchev–Trinajstić information content (AvgIpc) is 1.61. The lowest BCUT2D eigenvalue weighted by Crippen LogP contribution is -1.83. The Morgan fingerprint density at radius 1 is 1.00 bits per heavy atom. The molecule has 0 aromatic carbocycles. The van der Waals surface area contributed by atoms with Gasteiger partial charge < -0.3 is 0 Å². The fraction of sp³-hybridized carbons (Fsp3) is 1.00. The molecule has 0 rings (SSSR count). The lowest BCUT2D eigenvalue weighted by Gasteiger charge is -1.96. The highest BCUT2D eigenvalue weighted by Crippen LogP contribution is 1.84. The molecule has 0 aliphatic rings. The Labute approximate surface area is 41.8 Å². The summed E-state index contributed by atoms with van der Waals surface area (Å²) in [6.07, 6.45) is 3.19. The highest BCUT2D eigenvalue weighted by atomic mass is 13.5. The molecule has 2 heteroatoms. The number of rotatable bonds is 3. The van der Waals surface area contributed by atoms with Gasteiger partial charge in [-0.05, 0) is 14.6 Å². The molecule has 38 valence electrons. The topological polar surface area (TPSA) is 0 Å². The summed E-state index contributed by atoms with van der Waals surface area (Å²) in [6.45, 7) is 4.75. The third-order valence-corrected chi connectivity index (χ3v) is 1.50. The molecule has 0 N–H and O–H groups in total. The first-order valence-corrected chi connectivity index (χ1v) is 3.91. The third-order valence-electron chi connectivity index (χ3n) is 1.50. The van der Waals surface area contributed by atoms with Gasteiger partial charge in [0, 0.05) is 0 Å². The van der Waals surface area contributed by atoms with Crippen molar-refractivity contribution in [3.63, 3.8) is 0 Å². The van der Waals surface area contributed by atoms with Crippen LogP contribution in [0.2, 0.25) is 26.3 Å². The molecule has 0 bridgehead atoms. The second kappa shape index (κ2) is 5.13. The maximum absolute atomic E-state index is 2.38. The standard InChI is InChI=1S/C4H14B2/c1-5-3-4-6-2/h3-6H2,1-2H3/q-2. The van der Waals surface area contributed by atoms with Gasteiger partial charge in [0.05, 0.1) is 0 Å². The number of hydrogen-bond acceptors (Lipinski definition) is 0. The van der Waals surface area contributed by atoms with Crippen molar-refractivity contribution in [3.8, 4) is 0 Å². The second-order valence-corrected chi connectivity index (χ2v) is 2.41. The van der Waals surface area contributed by atoms with Crippen molar-refractivity contribution in [3.05, 3.63) is 0 Å². The van der Waals surface area contributed by atoms with E-state index in [0.717, 1.165) is 0 Å². The van der Waals surface area contributed by atoms with Gasteiger partial charge >= 0.3 is 0 Å². The van der Waals surface area contributed by atoms with Crippen LogP contribution >= 0.6 is 0 Å². The smallest absolute Gasteiger partial charge is 0.0393 e. The largest absolute Gasteiger partial charge is 0.216 e. The van der Waals surface area contributed by atoms with E-state index in [1.807, 2.05) is 0 Å². The van der Waals surface area contributed by atoms with E-state index in [4.69, 9.17) is 0 Å². The average molecular weight is 83.8 g/mol. The molecule has 0 aliphatic heterocycles. The van der Waals surface area contributed by atoms with E-state index in [0.29, 0.717) is 14.6 Å². The van der Waals surface area contributed by atoms with Gasteiger partial charge in [0.25, 0.3) is 0 Å². The van der Waals surface area contributed by atoms with Crippen molar-refractivity contribution in [2.24, 2.45) is 0 Å². The minimum Gasteiger partial charge on any atom is -0.216 e. The van der Waals surface area contributed by atoms with Gasteiger partial charge in [0.15, 0.2) is 0 Å². The Morgan fingerprint density at radius 2 is 1.33 bits per heavy atom. The van der Waals surface area contributed by atoms with Crippen LogP contribution < -0.4 is 0 Å². The van der Waals surface area contributed by atoms with Crippen LogP contribution in [0.4, 0.5) is 0 Å². The molecule has 0 saturated heterocycles. The Balaban J connectivity index is 2.34. The van der Waals surface area contributed by atoms with Crippen LogP contribution in [0.5, 0.6) is 0 Å². The monoisotopic (exact) mass is 84.1 g/mol. The predicted molar refractivity (Wildman–Crippen MR) is 38.4 cm³/mol. The highest BCUT2D eigenvalue weighted by Gasteiger charge is 1.66. The van der Waals surface area contributed by atoms with E-state index >= 15 is 0 Å². The summed E-state index contributed by atoms with van der Waals surface area (Å²) in [5, 5.41) is 0. The molecule has 0 radical (unpaired) electrons. The van der Waals surface area contributed by atoms with Crippen molar-refractivity contribution in [2.75, 3.05) is 0 Å². The molecule has 0 atom stereocenters. The van der Waals surface area contributed by atoms with E-state index in [-0.39, 0.29) is 0 Å². The Bertz CT molecular complexity index is 17.5. The van der Waals surface area contributed by atoms with Gasteiger partial charge in [0.2, 0.25) is 0 Å². The molecule has 6 heavy (non-hydrogen) atoms. The van der Waals surface area contributed by atoms with Crippen molar-refractivity contribution in [2.45, 2.75) is 26.3 Å². The molecule has 0 nitrogen and oxygen atoms in total. The van der Waals surface area contributed by atoms with E-state index in [2.05, 4.69) is 13.6 Å².